The van der Waals surface area contributed by atoms with E-state index < -0.39 is 17.7 Å². The second kappa shape index (κ2) is 8.45. The smallest absolute Gasteiger partial charge is 0.408 e. The van der Waals surface area contributed by atoms with Crippen LogP contribution in [0.3, 0.4) is 0 Å². The van der Waals surface area contributed by atoms with Crippen molar-refractivity contribution in [2.24, 2.45) is 0 Å². The molecule has 1 N–H and O–H groups in total. The fourth-order valence-electron chi connectivity index (χ4n) is 2.15. The first-order valence-electron chi connectivity index (χ1n) is 7.45. The summed E-state index contributed by atoms with van der Waals surface area (Å²) in [5, 5.41) is 2.61. The predicted octanol–water partition coefficient (Wildman–Crippen LogP) is 3.49. The zero-order valence-corrected chi connectivity index (χ0v) is 13.1. The second-order valence-corrected chi connectivity index (χ2v) is 5.84. The number of hydrogen-bond donors (Lipinski definition) is 1. The molecule has 0 aliphatic heterocycles. The molecule has 21 heavy (non-hydrogen) atoms. The first kappa shape index (κ1) is 17.2. The van der Waals surface area contributed by atoms with Gasteiger partial charge in [-0.2, -0.15) is 0 Å². The van der Waals surface area contributed by atoms with Gasteiger partial charge in [0.2, 0.25) is 0 Å². The van der Waals surface area contributed by atoms with E-state index in [0.717, 1.165) is 24.7 Å². The highest BCUT2D eigenvalue weighted by Crippen LogP contribution is 2.17. The van der Waals surface area contributed by atoms with Crippen molar-refractivity contribution >= 4 is 12.4 Å². The van der Waals surface area contributed by atoms with Gasteiger partial charge in [0.05, 0.1) is 6.04 Å². The maximum absolute atomic E-state index is 11.9. The predicted molar refractivity (Wildman–Crippen MR) is 83.2 cm³/mol. The maximum Gasteiger partial charge on any atom is 0.408 e. The van der Waals surface area contributed by atoms with Crippen molar-refractivity contribution in [3.63, 3.8) is 0 Å². The van der Waals surface area contributed by atoms with Crippen LogP contribution >= 0.6 is 0 Å². The molecule has 4 nitrogen and oxygen atoms in total. The number of carbonyl (C=O) groups is 2. The lowest BCUT2D eigenvalue weighted by Gasteiger charge is -2.26. The Morgan fingerprint density at radius 2 is 2.00 bits per heavy atom. The van der Waals surface area contributed by atoms with Gasteiger partial charge >= 0.3 is 6.09 Å². The Kier molecular flexibility index (Phi) is 6.92. The van der Waals surface area contributed by atoms with Crippen LogP contribution in [0.15, 0.2) is 30.3 Å². The van der Waals surface area contributed by atoms with Crippen molar-refractivity contribution in [2.75, 3.05) is 0 Å². The van der Waals surface area contributed by atoms with Gasteiger partial charge in [0.1, 0.15) is 11.9 Å². The quantitative estimate of drug-likeness (QED) is 0.746. The lowest BCUT2D eigenvalue weighted by molar-refractivity contribution is -0.109. The molecule has 0 aliphatic carbocycles. The van der Waals surface area contributed by atoms with E-state index in [2.05, 4.69) is 5.32 Å². The molecule has 0 spiro atoms. The van der Waals surface area contributed by atoms with Gasteiger partial charge < -0.3 is 14.8 Å². The van der Waals surface area contributed by atoms with Crippen molar-refractivity contribution < 1.29 is 14.3 Å². The van der Waals surface area contributed by atoms with Crippen LogP contribution in [-0.2, 0) is 16.0 Å². The molecule has 0 saturated carbocycles. The molecule has 0 radical (unpaired) electrons. The molecular weight excluding hydrogens is 266 g/mol. The second-order valence-electron chi connectivity index (χ2n) is 5.84. The van der Waals surface area contributed by atoms with E-state index >= 15 is 0 Å². The zero-order chi connectivity index (χ0) is 15.7. The molecule has 4 heteroatoms. The van der Waals surface area contributed by atoms with E-state index in [9.17, 15) is 9.59 Å². The number of carbonyl (C=O) groups excluding carboxylic acids is 2. The van der Waals surface area contributed by atoms with Gasteiger partial charge in [0.15, 0.2) is 0 Å². The highest BCUT2D eigenvalue weighted by molar-refractivity contribution is 5.73. The van der Waals surface area contributed by atoms with Gasteiger partial charge in [-0.3, -0.25) is 0 Å². The van der Waals surface area contributed by atoms with Gasteiger partial charge in [-0.25, -0.2) is 4.79 Å². The Morgan fingerprint density at radius 1 is 1.33 bits per heavy atom. The summed E-state index contributed by atoms with van der Waals surface area (Å²) in [5.74, 6) is 0. The van der Waals surface area contributed by atoms with Crippen LogP contribution < -0.4 is 5.32 Å². The summed E-state index contributed by atoms with van der Waals surface area (Å²) in [7, 11) is 0. The average Bonchev–Trinajstić information content (AvgIpc) is 2.43. The van der Waals surface area contributed by atoms with Gasteiger partial charge in [-0.1, -0.05) is 50.1 Å². The third kappa shape index (κ3) is 6.93. The summed E-state index contributed by atoms with van der Waals surface area (Å²) < 4.78 is 5.45. The summed E-state index contributed by atoms with van der Waals surface area (Å²) in [6, 6.07) is 9.39. The van der Waals surface area contributed by atoms with Crippen LogP contribution in [0.1, 0.15) is 45.6 Å². The number of benzene rings is 1. The maximum atomic E-state index is 11.9. The summed E-state index contributed by atoms with van der Waals surface area (Å²) >= 11 is 0. The number of unbranched alkanes of at least 4 members (excludes halogenated alkanes) is 1. The molecule has 0 aliphatic rings. The van der Waals surface area contributed by atoms with E-state index in [1.54, 1.807) is 0 Å². The van der Waals surface area contributed by atoms with Crippen LogP contribution in [0, 0.1) is 0 Å². The lowest BCUT2D eigenvalue weighted by Crippen LogP contribution is -2.41. The number of rotatable bonds is 8. The van der Waals surface area contributed by atoms with Gasteiger partial charge in [0, 0.05) is 6.42 Å². The minimum Gasteiger partial charge on any atom is -0.443 e. The highest BCUT2D eigenvalue weighted by atomic mass is 16.6. The summed E-state index contributed by atoms with van der Waals surface area (Å²) in [5.41, 5.74) is 0.483. The highest BCUT2D eigenvalue weighted by Gasteiger charge is 2.24. The minimum atomic E-state index is -0.621. The van der Waals surface area contributed by atoms with Gasteiger partial charge in [-0.15, -0.1) is 0 Å². The standard InChI is InChI=1S/C17H25NO3/c1-4-5-11-15(13-19)18-16(20)21-17(2,3)12-14-9-7-6-8-10-14/h6-10,13,15H,4-5,11-12H2,1-3H3,(H,18,20)/t15-/m0/s1. The largest absolute Gasteiger partial charge is 0.443 e. The van der Waals surface area contributed by atoms with E-state index in [1.807, 2.05) is 51.1 Å². The Hall–Kier alpha value is -1.84. The zero-order valence-electron chi connectivity index (χ0n) is 13.1. The fraction of sp³-hybridized carbons (Fsp3) is 0.529. The molecule has 0 bridgehead atoms. The number of aldehydes is 1. The molecule has 1 amide bonds. The molecule has 116 valence electrons. The number of ether oxygens (including phenoxy) is 1. The Labute approximate surface area is 126 Å². The van der Waals surface area contributed by atoms with Crippen LogP contribution in [-0.4, -0.2) is 24.0 Å². The van der Waals surface area contributed by atoms with Crippen molar-refractivity contribution in [1.82, 2.24) is 5.32 Å². The fourth-order valence-corrected chi connectivity index (χ4v) is 2.15. The Balaban J connectivity index is 2.49. The number of hydrogen-bond acceptors (Lipinski definition) is 3. The third-order valence-electron chi connectivity index (χ3n) is 3.18. The molecule has 0 fully saturated rings. The van der Waals surface area contributed by atoms with Crippen molar-refractivity contribution in [1.29, 1.82) is 0 Å². The number of amides is 1. The third-order valence-corrected chi connectivity index (χ3v) is 3.18. The summed E-state index contributed by atoms with van der Waals surface area (Å²) in [6.07, 6.45) is 3.39. The number of nitrogens with one attached hydrogen (secondary N) is 1. The Morgan fingerprint density at radius 3 is 2.57 bits per heavy atom. The Bertz CT molecular complexity index is 443. The molecule has 1 aromatic rings. The summed E-state index contributed by atoms with van der Waals surface area (Å²) in [6.45, 7) is 5.77. The molecule has 1 aromatic carbocycles. The van der Waals surface area contributed by atoms with E-state index in [1.165, 1.54) is 0 Å². The number of alkyl carbamates (subject to hydrolysis) is 1. The van der Waals surface area contributed by atoms with Crippen LogP contribution in [0.5, 0.6) is 0 Å². The van der Waals surface area contributed by atoms with E-state index in [0.29, 0.717) is 12.8 Å². The molecule has 0 saturated heterocycles. The first-order chi connectivity index (χ1) is 9.96. The van der Waals surface area contributed by atoms with Gasteiger partial charge in [-0.05, 0) is 25.8 Å². The minimum absolute atomic E-state index is 0.468. The lowest BCUT2D eigenvalue weighted by atomic mass is 9.98. The SMILES string of the molecule is CCCC[C@@H](C=O)NC(=O)OC(C)(C)Cc1ccccc1. The monoisotopic (exact) mass is 291 g/mol. The molecule has 0 aromatic heterocycles. The first-order valence-corrected chi connectivity index (χ1v) is 7.45. The topological polar surface area (TPSA) is 55.4 Å². The van der Waals surface area contributed by atoms with Crippen LogP contribution in [0.25, 0.3) is 0 Å². The van der Waals surface area contributed by atoms with Crippen molar-refractivity contribution in [3.8, 4) is 0 Å². The molecular formula is C17H25NO3. The molecule has 0 heterocycles. The van der Waals surface area contributed by atoms with E-state index in [4.69, 9.17) is 4.74 Å². The molecule has 1 rings (SSSR count). The van der Waals surface area contributed by atoms with Crippen LogP contribution in [0.2, 0.25) is 0 Å². The van der Waals surface area contributed by atoms with E-state index in [-0.39, 0.29) is 0 Å². The van der Waals surface area contributed by atoms with Crippen LogP contribution in [0.4, 0.5) is 4.79 Å². The summed E-state index contributed by atoms with van der Waals surface area (Å²) in [4.78, 5) is 22.8. The molecule has 1 atom stereocenters. The van der Waals surface area contributed by atoms with Crippen molar-refractivity contribution in [2.45, 2.75) is 58.1 Å². The molecule has 0 unspecified atom stereocenters. The normalized spacial score (nSPS) is 12.5. The average molecular weight is 291 g/mol. The van der Waals surface area contributed by atoms with Crippen molar-refractivity contribution in [3.05, 3.63) is 35.9 Å². The van der Waals surface area contributed by atoms with Gasteiger partial charge in [0.25, 0.3) is 0 Å².